The average molecular weight is 390 g/mol. The molecule has 0 saturated carbocycles. The number of rotatable bonds is 7. The fourth-order valence-electron chi connectivity index (χ4n) is 2.63. The molecule has 148 valence electrons. The molecule has 0 aromatic heterocycles. The standard InChI is InChI=1S/C23H22N2O4/c1-28-20-11-7-18(8-12-20)22(26)24-25-23(27)19-9-13-21(14-10-19)29-16-15-17-5-3-2-4-6-17/h2-14H,15-16H2,1H3,(H,24,26)(H,25,27). The summed E-state index contributed by atoms with van der Waals surface area (Å²) in [5, 5.41) is 0. The maximum atomic E-state index is 12.2. The molecular weight excluding hydrogens is 368 g/mol. The van der Waals surface area contributed by atoms with Crippen LogP contribution in [0.1, 0.15) is 26.3 Å². The van der Waals surface area contributed by atoms with Gasteiger partial charge in [0.1, 0.15) is 11.5 Å². The number of hydrazine groups is 1. The molecule has 0 heterocycles. The summed E-state index contributed by atoms with van der Waals surface area (Å²) in [4.78, 5) is 24.3. The lowest BCUT2D eigenvalue weighted by atomic mass is 10.2. The van der Waals surface area contributed by atoms with E-state index >= 15 is 0 Å². The van der Waals surface area contributed by atoms with E-state index in [-0.39, 0.29) is 0 Å². The van der Waals surface area contributed by atoms with Crippen molar-refractivity contribution < 1.29 is 19.1 Å². The summed E-state index contributed by atoms with van der Waals surface area (Å²) in [6, 6.07) is 23.4. The molecule has 0 bridgehead atoms. The molecule has 0 spiro atoms. The number of ether oxygens (including phenoxy) is 2. The van der Waals surface area contributed by atoms with E-state index in [1.165, 1.54) is 5.56 Å². The van der Waals surface area contributed by atoms with Gasteiger partial charge in [0, 0.05) is 17.5 Å². The Labute approximate surface area is 169 Å². The minimum atomic E-state index is -0.415. The fourth-order valence-corrected chi connectivity index (χ4v) is 2.63. The van der Waals surface area contributed by atoms with Gasteiger partial charge in [-0.25, -0.2) is 0 Å². The molecule has 2 N–H and O–H groups in total. The van der Waals surface area contributed by atoms with Gasteiger partial charge in [-0.05, 0) is 54.1 Å². The van der Waals surface area contributed by atoms with E-state index < -0.39 is 11.8 Å². The zero-order valence-corrected chi connectivity index (χ0v) is 16.1. The summed E-state index contributed by atoms with van der Waals surface area (Å²) in [6.07, 6.45) is 0.806. The lowest BCUT2D eigenvalue weighted by Gasteiger charge is -2.09. The van der Waals surface area contributed by atoms with Crippen molar-refractivity contribution in [3.05, 3.63) is 95.6 Å². The van der Waals surface area contributed by atoms with E-state index in [0.717, 1.165) is 6.42 Å². The van der Waals surface area contributed by atoms with Crippen LogP contribution in [-0.2, 0) is 6.42 Å². The molecule has 3 rings (SSSR count). The second-order valence-corrected chi connectivity index (χ2v) is 6.25. The molecule has 0 fully saturated rings. The van der Waals surface area contributed by atoms with Gasteiger partial charge in [-0.2, -0.15) is 0 Å². The number of amides is 2. The van der Waals surface area contributed by atoms with E-state index in [0.29, 0.717) is 29.2 Å². The van der Waals surface area contributed by atoms with Crippen LogP contribution in [0.4, 0.5) is 0 Å². The van der Waals surface area contributed by atoms with Crippen LogP contribution in [0, 0.1) is 0 Å². The summed E-state index contributed by atoms with van der Waals surface area (Å²) in [6.45, 7) is 0.549. The van der Waals surface area contributed by atoms with Gasteiger partial charge < -0.3 is 9.47 Å². The Morgan fingerprint density at radius 3 is 1.76 bits per heavy atom. The molecule has 0 aliphatic rings. The highest BCUT2D eigenvalue weighted by Crippen LogP contribution is 2.13. The maximum Gasteiger partial charge on any atom is 0.269 e. The number of methoxy groups -OCH3 is 1. The lowest BCUT2D eigenvalue weighted by molar-refractivity contribution is 0.0846. The third kappa shape index (κ3) is 5.84. The molecule has 0 aliphatic carbocycles. The highest BCUT2D eigenvalue weighted by atomic mass is 16.5. The Kier molecular flexibility index (Phi) is 6.84. The zero-order valence-electron chi connectivity index (χ0n) is 16.1. The minimum Gasteiger partial charge on any atom is -0.497 e. The number of hydrogen-bond donors (Lipinski definition) is 2. The summed E-state index contributed by atoms with van der Waals surface area (Å²) in [7, 11) is 1.55. The Hall–Kier alpha value is -3.80. The van der Waals surface area contributed by atoms with E-state index in [9.17, 15) is 9.59 Å². The Morgan fingerprint density at radius 2 is 1.24 bits per heavy atom. The van der Waals surface area contributed by atoms with Crippen LogP contribution in [0.2, 0.25) is 0 Å². The molecule has 6 heteroatoms. The topological polar surface area (TPSA) is 76.7 Å². The van der Waals surface area contributed by atoms with Crippen molar-refractivity contribution in [3.63, 3.8) is 0 Å². The molecule has 0 atom stereocenters. The molecular formula is C23H22N2O4. The molecule has 6 nitrogen and oxygen atoms in total. The smallest absolute Gasteiger partial charge is 0.269 e. The number of benzene rings is 3. The van der Waals surface area contributed by atoms with Crippen LogP contribution < -0.4 is 20.3 Å². The van der Waals surface area contributed by atoms with E-state index in [4.69, 9.17) is 9.47 Å². The van der Waals surface area contributed by atoms with Crippen molar-refractivity contribution in [2.45, 2.75) is 6.42 Å². The predicted octanol–water partition coefficient (Wildman–Crippen LogP) is 3.39. The largest absolute Gasteiger partial charge is 0.497 e. The molecule has 2 amide bonds. The van der Waals surface area contributed by atoms with Gasteiger partial charge in [0.2, 0.25) is 0 Å². The van der Waals surface area contributed by atoms with E-state index in [1.54, 1.807) is 55.6 Å². The van der Waals surface area contributed by atoms with Crippen molar-refractivity contribution in [3.8, 4) is 11.5 Å². The van der Waals surface area contributed by atoms with Crippen LogP contribution in [0.15, 0.2) is 78.9 Å². The summed E-state index contributed by atoms with van der Waals surface area (Å²) >= 11 is 0. The van der Waals surface area contributed by atoms with E-state index in [2.05, 4.69) is 23.0 Å². The van der Waals surface area contributed by atoms with Gasteiger partial charge in [-0.1, -0.05) is 30.3 Å². The first-order valence-electron chi connectivity index (χ1n) is 9.17. The Bertz CT molecular complexity index is 939. The minimum absolute atomic E-state index is 0.410. The first-order valence-corrected chi connectivity index (χ1v) is 9.17. The van der Waals surface area contributed by atoms with Crippen molar-refractivity contribution in [2.75, 3.05) is 13.7 Å². The van der Waals surface area contributed by atoms with E-state index in [1.807, 2.05) is 18.2 Å². The molecule has 0 radical (unpaired) electrons. The monoisotopic (exact) mass is 390 g/mol. The van der Waals surface area contributed by atoms with Crippen LogP contribution in [0.5, 0.6) is 11.5 Å². The number of carbonyl (C=O) groups is 2. The molecule has 0 saturated heterocycles. The maximum absolute atomic E-state index is 12.2. The van der Waals surface area contributed by atoms with Crippen molar-refractivity contribution in [2.24, 2.45) is 0 Å². The number of nitrogens with one attached hydrogen (secondary N) is 2. The third-order valence-corrected chi connectivity index (χ3v) is 4.26. The molecule has 29 heavy (non-hydrogen) atoms. The Morgan fingerprint density at radius 1 is 0.724 bits per heavy atom. The zero-order chi connectivity index (χ0) is 20.5. The summed E-state index contributed by atoms with van der Waals surface area (Å²) < 4.78 is 10.8. The average Bonchev–Trinajstić information content (AvgIpc) is 2.78. The first-order chi connectivity index (χ1) is 14.2. The van der Waals surface area contributed by atoms with Crippen LogP contribution in [0.3, 0.4) is 0 Å². The molecule has 3 aromatic rings. The van der Waals surface area contributed by atoms with Crippen LogP contribution in [-0.4, -0.2) is 25.5 Å². The fraction of sp³-hybridized carbons (Fsp3) is 0.130. The lowest BCUT2D eigenvalue weighted by Crippen LogP contribution is -2.41. The highest BCUT2D eigenvalue weighted by molar-refractivity contribution is 5.99. The number of hydrogen-bond acceptors (Lipinski definition) is 4. The second-order valence-electron chi connectivity index (χ2n) is 6.25. The molecule has 0 aliphatic heterocycles. The predicted molar refractivity (Wildman–Crippen MR) is 110 cm³/mol. The van der Waals surface area contributed by atoms with Crippen LogP contribution >= 0.6 is 0 Å². The quantitative estimate of drug-likeness (QED) is 0.607. The van der Waals surface area contributed by atoms with Crippen molar-refractivity contribution >= 4 is 11.8 Å². The summed E-state index contributed by atoms with van der Waals surface area (Å²) in [5.41, 5.74) is 6.82. The summed E-state index contributed by atoms with van der Waals surface area (Å²) in [5.74, 6) is 0.501. The van der Waals surface area contributed by atoms with Crippen molar-refractivity contribution in [1.29, 1.82) is 0 Å². The van der Waals surface area contributed by atoms with Gasteiger partial charge in [0.25, 0.3) is 11.8 Å². The van der Waals surface area contributed by atoms with Crippen LogP contribution in [0.25, 0.3) is 0 Å². The van der Waals surface area contributed by atoms with Gasteiger partial charge in [0.05, 0.1) is 13.7 Å². The van der Waals surface area contributed by atoms with Gasteiger partial charge in [0.15, 0.2) is 0 Å². The molecule has 0 unspecified atom stereocenters. The first kappa shape index (κ1) is 19.9. The van der Waals surface area contributed by atoms with Gasteiger partial charge in [-0.3, -0.25) is 20.4 Å². The van der Waals surface area contributed by atoms with Gasteiger partial charge >= 0.3 is 0 Å². The Balaban J connectivity index is 1.46. The highest BCUT2D eigenvalue weighted by Gasteiger charge is 2.09. The van der Waals surface area contributed by atoms with Crippen molar-refractivity contribution in [1.82, 2.24) is 10.9 Å². The molecule has 3 aromatic carbocycles. The second kappa shape index (κ2) is 9.94. The third-order valence-electron chi connectivity index (χ3n) is 4.26. The number of carbonyl (C=O) groups excluding carboxylic acids is 2. The SMILES string of the molecule is COc1ccc(C(=O)NNC(=O)c2ccc(OCCc3ccccc3)cc2)cc1. The normalized spacial score (nSPS) is 10.1. The van der Waals surface area contributed by atoms with Gasteiger partial charge in [-0.15, -0.1) is 0 Å².